The highest BCUT2D eigenvalue weighted by Crippen LogP contribution is 2.49. The van der Waals surface area contributed by atoms with Gasteiger partial charge in [-0.05, 0) is 97.3 Å². The smallest absolute Gasteiger partial charge is 0.483 e. The number of alkyl carbamates (subject to hydrolysis) is 1. The molecule has 4 heterocycles. The Labute approximate surface area is 352 Å². The lowest BCUT2D eigenvalue weighted by molar-refractivity contribution is -0.274. The fraction of sp³-hybridized carbons (Fsp3) is 0.643. The van der Waals surface area contributed by atoms with Gasteiger partial charge in [-0.15, -0.1) is 13.2 Å². The first-order valence-corrected chi connectivity index (χ1v) is 22.3. The maximum Gasteiger partial charge on any atom is 0.573 e. The van der Waals surface area contributed by atoms with Gasteiger partial charge in [-0.25, -0.2) is 18.2 Å². The molecule has 1 aromatic carbocycles. The summed E-state index contributed by atoms with van der Waals surface area (Å²) in [6.45, 7) is 6.89. The minimum absolute atomic E-state index is 0.0610. The molecule has 1 aromatic heterocycles. The van der Waals surface area contributed by atoms with Crippen LogP contribution in [-0.2, 0) is 40.3 Å². The van der Waals surface area contributed by atoms with Crippen LogP contribution in [0.4, 0.5) is 18.0 Å². The van der Waals surface area contributed by atoms with Gasteiger partial charge in [0.05, 0.1) is 22.5 Å². The molecule has 1 spiro atoms. The van der Waals surface area contributed by atoms with Crippen molar-refractivity contribution in [3.63, 3.8) is 0 Å². The first-order valence-electron chi connectivity index (χ1n) is 20.8. The number of aryl methyl sites for hydroxylation is 2. The summed E-state index contributed by atoms with van der Waals surface area (Å²) in [6, 6.07) is 1.50. The average Bonchev–Trinajstić information content (AvgIpc) is 4.07. The van der Waals surface area contributed by atoms with Gasteiger partial charge in [-0.1, -0.05) is 25.0 Å². The molecule has 3 N–H and O–H groups in total. The number of benzene rings is 1. The number of halogens is 3. The van der Waals surface area contributed by atoms with Gasteiger partial charge in [0.15, 0.2) is 0 Å². The van der Waals surface area contributed by atoms with E-state index in [-0.39, 0.29) is 38.6 Å². The second-order valence-electron chi connectivity index (χ2n) is 18.0. The monoisotopic (exact) mass is 877 g/mol. The van der Waals surface area contributed by atoms with Crippen LogP contribution >= 0.6 is 0 Å². The van der Waals surface area contributed by atoms with Crippen molar-refractivity contribution in [3.8, 4) is 11.5 Å². The molecule has 3 aliphatic heterocycles. The second-order valence-corrected chi connectivity index (χ2v) is 20.2. The number of pyridine rings is 1. The molecule has 1 saturated heterocycles. The molecular formula is C42H54F3N5O10S. The number of hydrogen-bond donors (Lipinski definition) is 3. The van der Waals surface area contributed by atoms with Crippen molar-refractivity contribution < 1.29 is 59.7 Å². The van der Waals surface area contributed by atoms with Crippen molar-refractivity contribution >= 4 is 44.7 Å². The molecule has 61 heavy (non-hydrogen) atoms. The van der Waals surface area contributed by atoms with E-state index in [4.69, 9.17) is 14.2 Å². The average molecular weight is 878 g/mol. The molecule has 19 heteroatoms. The summed E-state index contributed by atoms with van der Waals surface area (Å²) in [5, 5.41) is 6.02. The first kappa shape index (κ1) is 44.4. The second kappa shape index (κ2) is 16.2. The van der Waals surface area contributed by atoms with Gasteiger partial charge in [0.1, 0.15) is 40.3 Å². The molecule has 5 atom stereocenters. The molecule has 0 unspecified atom stereocenters. The van der Waals surface area contributed by atoms with E-state index in [1.165, 1.54) is 30.2 Å². The van der Waals surface area contributed by atoms with Crippen LogP contribution in [0.2, 0.25) is 0 Å². The zero-order valence-corrected chi connectivity index (χ0v) is 35.9. The lowest BCUT2D eigenvalue weighted by Crippen LogP contribution is -2.58. The van der Waals surface area contributed by atoms with Gasteiger partial charge in [-0.3, -0.25) is 19.1 Å². The highest BCUT2D eigenvalue weighted by molar-refractivity contribution is 7.91. The summed E-state index contributed by atoms with van der Waals surface area (Å²) in [5.41, 5.74) is -2.28. The largest absolute Gasteiger partial charge is 0.573 e. The summed E-state index contributed by atoms with van der Waals surface area (Å²) in [4.78, 5) is 62.9. The third-order valence-electron chi connectivity index (χ3n) is 12.7. The van der Waals surface area contributed by atoms with Crippen LogP contribution in [0.1, 0.15) is 103 Å². The Balaban J connectivity index is 1.23. The van der Waals surface area contributed by atoms with E-state index >= 15 is 0 Å². The molecule has 0 radical (unpaired) electrons. The minimum Gasteiger partial charge on any atom is -0.483 e. The SMILES string of the molecule is COCCC(C)(C)OC(=O)N[C@H]1CCCCC/C=C\[C@@H]2C[C@@]2(C(=O)NS(=O)(=O)C2(C)CC2)NC(=O)[C@@H]2C[C@]3(CCc4c(c(C)nc5ccc(OC(F)(F)F)cc45)O3)CN2C1=O. The number of alkyl halides is 3. The third-order valence-corrected chi connectivity index (χ3v) is 14.9. The molecular weight excluding hydrogens is 824 g/mol. The summed E-state index contributed by atoms with van der Waals surface area (Å²) < 4.78 is 89.0. The quantitative estimate of drug-likeness (QED) is 0.273. The maximum atomic E-state index is 14.9. The number of sulfonamides is 1. The molecule has 7 rings (SSSR count). The molecule has 2 saturated carbocycles. The predicted molar refractivity (Wildman–Crippen MR) is 215 cm³/mol. The van der Waals surface area contributed by atoms with Crippen LogP contribution in [0.3, 0.4) is 0 Å². The zero-order chi connectivity index (χ0) is 44.2. The Morgan fingerprint density at radius 1 is 1.10 bits per heavy atom. The molecule has 4 amide bonds. The van der Waals surface area contributed by atoms with Crippen LogP contribution in [0.5, 0.6) is 11.5 Å². The standard InChI is InChI=1S/C42H54F3N5O10S/c1-25-33-28(29-21-27(58-42(43,44)45)13-14-30(29)46-25)15-16-40(59-33)23-32-34(51)48-41(36(53)49-61(55,56)39(4)17-18-39)22-26(41)11-9-7-6-8-10-12-31(35(52)50(32)24-40)47-37(54)60-38(2,3)19-20-57-5/h9,11,13-14,21,26,31-32H,6-8,10,12,15-20,22-24H2,1-5H3,(H,47,54)(H,48,51)(H,49,53)/b11-9-/t26-,31+,32+,40-,41-/m1/s1. The lowest BCUT2D eigenvalue weighted by atomic mass is 9.87. The van der Waals surface area contributed by atoms with E-state index in [1.54, 1.807) is 27.7 Å². The van der Waals surface area contributed by atoms with E-state index in [0.29, 0.717) is 73.0 Å². The molecule has 2 aliphatic carbocycles. The fourth-order valence-corrected chi connectivity index (χ4v) is 10.0. The Bertz CT molecular complexity index is 2230. The molecule has 15 nitrogen and oxygen atoms in total. The minimum atomic E-state index is -4.91. The number of aromatic nitrogens is 1. The number of carbonyl (C=O) groups is 4. The van der Waals surface area contributed by atoms with Gasteiger partial charge in [-0.2, -0.15) is 0 Å². The number of rotatable bonds is 9. The van der Waals surface area contributed by atoms with E-state index in [9.17, 15) is 40.8 Å². The van der Waals surface area contributed by atoms with Gasteiger partial charge in [0.25, 0.3) is 5.91 Å². The van der Waals surface area contributed by atoms with Gasteiger partial charge in [0.2, 0.25) is 21.8 Å². The van der Waals surface area contributed by atoms with Crippen LogP contribution in [0, 0.1) is 12.8 Å². The van der Waals surface area contributed by atoms with Crippen molar-refractivity contribution in [3.05, 3.63) is 41.6 Å². The van der Waals surface area contributed by atoms with E-state index in [2.05, 4.69) is 25.1 Å². The van der Waals surface area contributed by atoms with Crippen LogP contribution in [0.25, 0.3) is 10.9 Å². The van der Waals surface area contributed by atoms with Crippen molar-refractivity contribution in [2.24, 2.45) is 5.92 Å². The summed E-state index contributed by atoms with van der Waals surface area (Å²) in [5.74, 6) is -2.78. The maximum absolute atomic E-state index is 14.9. The highest BCUT2D eigenvalue weighted by Gasteiger charge is 2.64. The normalized spacial score (nSPS) is 28.2. The number of nitrogens with one attached hydrogen (secondary N) is 3. The fourth-order valence-electron chi connectivity index (χ4n) is 8.69. The van der Waals surface area contributed by atoms with Gasteiger partial charge < -0.3 is 34.5 Å². The number of carbonyl (C=O) groups excluding carboxylic acids is 4. The molecule has 334 valence electrons. The molecule has 3 fully saturated rings. The Hall–Kier alpha value is -4.65. The number of hydrogen-bond acceptors (Lipinski definition) is 11. The summed E-state index contributed by atoms with van der Waals surface area (Å²) in [7, 11) is -2.53. The molecule has 0 bridgehead atoms. The van der Waals surface area contributed by atoms with Crippen LogP contribution in [-0.4, -0.2) is 102 Å². The van der Waals surface area contributed by atoms with Crippen molar-refractivity contribution in [2.75, 3.05) is 20.3 Å². The number of allylic oxidation sites excluding steroid dienone is 1. The number of methoxy groups -OCH3 is 1. The van der Waals surface area contributed by atoms with E-state index in [1.807, 2.05) is 12.2 Å². The number of fused-ring (bicyclic) bond motifs is 5. The van der Waals surface area contributed by atoms with Crippen molar-refractivity contribution in [1.82, 2.24) is 25.2 Å². The number of nitrogens with zero attached hydrogens (tertiary/aromatic N) is 2. The lowest BCUT2D eigenvalue weighted by Gasteiger charge is -2.37. The molecule has 5 aliphatic rings. The van der Waals surface area contributed by atoms with Gasteiger partial charge >= 0.3 is 12.5 Å². The first-order chi connectivity index (χ1) is 28.6. The Morgan fingerprint density at radius 2 is 1.85 bits per heavy atom. The van der Waals surface area contributed by atoms with E-state index < -0.39 is 85.4 Å². The predicted octanol–water partition coefficient (Wildman–Crippen LogP) is 5.41. The van der Waals surface area contributed by atoms with Crippen LogP contribution < -0.4 is 24.8 Å². The number of ether oxygens (including phenoxy) is 4. The highest BCUT2D eigenvalue weighted by atomic mass is 32.2. The van der Waals surface area contributed by atoms with Crippen molar-refractivity contribution in [1.29, 1.82) is 0 Å². The third kappa shape index (κ3) is 9.42. The zero-order valence-electron chi connectivity index (χ0n) is 35.0. The topological polar surface area (TPSA) is 192 Å². The van der Waals surface area contributed by atoms with Gasteiger partial charge in [0, 0.05) is 43.4 Å². The summed E-state index contributed by atoms with van der Waals surface area (Å²) in [6.07, 6.45) is 2.56. The Kier molecular flexibility index (Phi) is 11.8. The van der Waals surface area contributed by atoms with E-state index in [0.717, 1.165) is 6.42 Å². The van der Waals surface area contributed by atoms with Crippen molar-refractivity contribution in [2.45, 2.75) is 145 Å². The Morgan fingerprint density at radius 3 is 2.56 bits per heavy atom. The molecule has 2 aromatic rings. The summed E-state index contributed by atoms with van der Waals surface area (Å²) >= 11 is 0. The number of amides is 4. The van der Waals surface area contributed by atoms with Crippen LogP contribution in [0.15, 0.2) is 30.4 Å².